The van der Waals surface area contributed by atoms with Crippen LogP contribution >= 0.6 is 11.6 Å². The Balaban J connectivity index is 2.30. The lowest BCUT2D eigenvalue weighted by Gasteiger charge is -2.09. The first-order chi connectivity index (χ1) is 9.49. The first-order valence-electron chi connectivity index (χ1n) is 5.75. The van der Waals surface area contributed by atoms with Gasteiger partial charge in [0, 0.05) is 6.20 Å². The van der Waals surface area contributed by atoms with Crippen LogP contribution in [0.25, 0.3) is 0 Å². The Bertz CT molecular complexity index is 686. The van der Waals surface area contributed by atoms with Gasteiger partial charge < -0.3 is 10.4 Å². The predicted molar refractivity (Wildman–Crippen MR) is 75.3 cm³/mol. The highest BCUT2D eigenvalue weighted by atomic mass is 35.5. The normalized spacial score (nSPS) is 10.1. The number of nitrogens with one attached hydrogen (secondary N) is 1. The number of nitrogens with zero attached hydrogens (tertiary/aromatic N) is 1. The minimum Gasteiger partial charge on any atom is -0.476 e. The molecule has 1 amide bonds. The number of carbonyl (C=O) groups excluding carboxylic acids is 1. The third-order valence-corrected chi connectivity index (χ3v) is 2.94. The summed E-state index contributed by atoms with van der Waals surface area (Å²) < 4.78 is 0. The Hall–Kier alpha value is -2.40. The summed E-state index contributed by atoms with van der Waals surface area (Å²) in [6.07, 6.45) is 1.35. The quantitative estimate of drug-likeness (QED) is 0.911. The number of carboxylic acid groups (broad SMARTS) is 1. The van der Waals surface area contributed by atoms with E-state index in [1.165, 1.54) is 12.3 Å². The Kier molecular flexibility index (Phi) is 4.00. The second kappa shape index (κ2) is 5.71. The fourth-order valence-corrected chi connectivity index (χ4v) is 1.99. The molecule has 5 nitrogen and oxygen atoms in total. The summed E-state index contributed by atoms with van der Waals surface area (Å²) in [7, 11) is 0. The molecule has 2 N–H and O–H groups in total. The summed E-state index contributed by atoms with van der Waals surface area (Å²) in [5, 5.41) is 11.8. The summed E-state index contributed by atoms with van der Waals surface area (Å²) in [4.78, 5) is 26.8. The van der Waals surface area contributed by atoms with E-state index in [2.05, 4.69) is 10.3 Å². The first-order valence-corrected chi connectivity index (χ1v) is 6.12. The van der Waals surface area contributed by atoms with Crippen molar-refractivity contribution >= 4 is 29.2 Å². The molecule has 0 bridgehead atoms. The highest BCUT2D eigenvalue weighted by Gasteiger charge is 2.16. The maximum absolute atomic E-state index is 12.1. The fourth-order valence-electron chi connectivity index (χ4n) is 1.67. The van der Waals surface area contributed by atoms with E-state index in [0.29, 0.717) is 5.02 Å². The molecule has 0 spiro atoms. The van der Waals surface area contributed by atoms with Gasteiger partial charge in [-0.1, -0.05) is 17.7 Å². The lowest BCUT2D eigenvalue weighted by atomic mass is 10.1. The maximum atomic E-state index is 12.1. The minimum absolute atomic E-state index is 0.127. The van der Waals surface area contributed by atoms with Gasteiger partial charge >= 0.3 is 5.97 Å². The molecular weight excluding hydrogens is 280 g/mol. The molecule has 2 rings (SSSR count). The number of halogens is 1. The van der Waals surface area contributed by atoms with Gasteiger partial charge in [0.25, 0.3) is 5.91 Å². The molecule has 102 valence electrons. The van der Waals surface area contributed by atoms with Crippen LogP contribution in [0.3, 0.4) is 0 Å². The van der Waals surface area contributed by atoms with Crippen LogP contribution in [0.4, 0.5) is 5.69 Å². The van der Waals surface area contributed by atoms with Crippen LogP contribution in [0.1, 0.15) is 26.4 Å². The van der Waals surface area contributed by atoms with Crippen molar-refractivity contribution in [1.29, 1.82) is 0 Å². The number of aromatic carboxylic acids is 1. The van der Waals surface area contributed by atoms with Crippen molar-refractivity contribution in [2.75, 3.05) is 5.32 Å². The molecule has 0 radical (unpaired) electrons. The summed E-state index contributed by atoms with van der Waals surface area (Å²) >= 11 is 6.00. The van der Waals surface area contributed by atoms with Crippen LogP contribution in [-0.2, 0) is 0 Å². The van der Waals surface area contributed by atoms with Crippen molar-refractivity contribution in [3.8, 4) is 0 Å². The monoisotopic (exact) mass is 290 g/mol. The van der Waals surface area contributed by atoms with E-state index in [1.807, 2.05) is 6.92 Å². The number of carbonyl (C=O) groups is 2. The summed E-state index contributed by atoms with van der Waals surface area (Å²) in [6, 6.07) is 8.01. The average molecular weight is 291 g/mol. The van der Waals surface area contributed by atoms with Crippen LogP contribution < -0.4 is 5.32 Å². The van der Waals surface area contributed by atoms with E-state index < -0.39 is 11.9 Å². The van der Waals surface area contributed by atoms with Crippen LogP contribution in [-0.4, -0.2) is 22.0 Å². The Morgan fingerprint density at radius 2 is 2.05 bits per heavy atom. The lowest BCUT2D eigenvalue weighted by molar-refractivity contribution is 0.0692. The van der Waals surface area contributed by atoms with Gasteiger partial charge in [0.05, 0.1) is 16.3 Å². The number of hydrogen-bond donors (Lipinski definition) is 2. The second-order valence-corrected chi connectivity index (χ2v) is 4.55. The summed E-state index contributed by atoms with van der Waals surface area (Å²) in [5.74, 6) is -1.69. The molecule has 6 heteroatoms. The molecule has 0 saturated carbocycles. The maximum Gasteiger partial charge on any atom is 0.356 e. The minimum atomic E-state index is -1.21. The molecule has 0 aliphatic heterocycles. The predicted octanol–water partition coefficient (Wildman–Crippen LogP) is 2.99. The Labute approximate surface area is 120 Å². The van der Waals surface area contributed by atoms with Gasteiger partial charge in [-0.15, -0.1) is 0 Å². The fraction of sp³-hybridized carbons (Fsp3) is 0.0714. The SMILES string of the molecule is Cc1ccc(C(=O)Nc2cccnc2C(=O)O)c(Cl)c1. The number of rotatable bonds is 3. The first kappa shape index (κ1) is 14.0. The standard InChI is InChI=1S/C14H11ClN2O3/c1-8-4-5-9(10(15)7-8)13(18)17-11-3-2-6-16-12(11)14(19)20/h2-7H,1H3,(H,17,18)(H,19,20). The molecule has 1 aromatic heterocycles. The van der Waals surface area contributed by atoms with Crippen LogP contribution in [0.5, 0.6) is 0 Å². The molecule has 0 atom stereocenters. The van der Waals surface area contributed by atoms with Gasteiger partial charge in [-0.2, -0.15) is 0 Å². The van der Waals surface area contributed by atoms with E-state index >= 15 is 0 Å². The number of hydrogen-bond acceptors (Lipinski definition) is 3. The molecular formula is C14H11ClN2O3. The molecule has 0 fully saturated rings. The Morgan fingerprint density at radius 3 is 2.70 bits per heavy atom. The van der Waals surface area contributed by atoms with Gasteiger partial charge in [-0.25, -0.2) is 9.78 Å². The van der Waals surface area contributed by atoms with Crippen molar-refractivity contribution in [2.24, 2.45) is 0 Å². The number of anilines is 1. The summed E-state index contributed by atoms with van der Waals surface area (Å²) in [6.45, 7) is 1.86. The van der Waals surface area contributed by atoms with E-state index in [9.17, 15) is 9.59 Å². The van der Waals surface area contributed by atoms with Crippen molar-refractivity contribution in [1.82, 2.24) is 4.98 Å². The van der Waals surface area contributed by atoms with E-state index in [1.54, 1.807) is 24.3 Å². The Morgan fingerprint density at radius 1 is 1.30 bits per heavy atom. The molecule has 0 saturated heterocycles. The molecule has 0 aliphatic carbocycles. The van der Waals surface area contributed by atoms with Crippen LogP contribution in [0.2, 0.25) is 5.02 Å². The van der Waals surface area contributed by atoms with Gasteiger partial charge in [-0.3, -0.25) is 4.79 Å². The number of pyridine rings is 1. The van der Waals surface area contributed by atoms with Crippen molar-refractivity contribution < 1.29 is 14.7 Å². The van der Waals surface area contributed by atoms with E-state index in [0.717, 1.165) is 5.56 Å². The topological polar surface area (TPSA) is 79.3 Å². The molecule has 1 aromatic carbocycles. The second-order valence-electron chi connectivity index (χ2n) is 4.14. The third kappa shape index (κ3) is 2.95. The smallest absolute Gasteiger partial charge is 0.356 e. The van der Waals surface area contributed by atoms with Crippen LogP contribution in [0.15, 0.2) is 36.5 Å². The summed E-state index contributed by atoms with van der Waals surface area (Å²) in [5.41, 5.74) is 1.11. The highest BCUT2D eigenvalue weighted by molar-refractivity contribution is 6.34. The zero-order valence-corrected chi connectivity index (χ0v) is 11.3. The third-order valence-electron chi connectivity index (χ3n) is 2.63. The number of aromatic nitrogens is 1. The van der Waals surface area contributed by atoms with Gasteiger partial charge in [0.2, 0.25) is 0 Å². The van der Waals surface area contributed by atoms with Crippen LogP contribution in [0, 0.1) is 6.92 Å². The van der Waals surface area contributed by atoms with Gasteiger partial charge in [0.1, 0.15) is 0 Å². The van der Waals surface area contributed by atoms with Gasteiger partial charge in [0.15, 0.2) is 5.69 Å². The number of carboxylic acids is 1. The number of benzene rings is 1. The highest BCUT2D eigenvalue weighted by Crippen LogP contribution is 2.20. The molecule has 2 aromatic rings. The lowest BCUT2D eigenvalue weighted by Crippen LogP contribution is -2.16. The molecule has 1 heterocycles. The molecule has 0 unspecified atom stereocenters. The molecule has 20 heavy (non-hydrogen) atoms. The number of amides is 1. The van der Waals surface area contributed by atoms with E-state index in [-0.39, 0.29) is 16.9 Å². The zero-order valence-electron chi connectivity index (χ0n) is 10.6. The zero-order chi connectivity index (χ0) is 14.7. The largest absolute Gasteiger partial charge is 0.476 e. The van der Waals surface area contributed by atoms with Crippen molar-refractivity contribution in [2.45, 2.75) is 6.92 Å². The van der Waals surface area contributed by atoms with Crippen molar-refractivity contribution in [3.63, 3.8) is 0 Å². The van der Waals surface area contributed by atoms with Gasteiger partial charge in [-0.05, 0) is 36.8 Å². The van der Waals surface area contributed by atoms with Crippen molar-refractivity contribution in [3.05, 3.63) is 58.4 Å². The molecule has 0 aliphatic rings. The van der Waals surface area contributed by atoms with E-state index in [4.69, 9.17) is 16.7 Å². The number of aryl methyl sites for hydroxylation is 1. The average Bonchev–Trinajstić information content (AvgIpc) is 2.38.